The summed E-state index contributed by atoms with van der Waals surface area (Å²) in [6.07, 6.45) is 0.800. The SMILES string of the molecule is O=C(O)CNC(=O)NCc1cc(Cl)cc2c1OCC2. The maximum Gasteiger partial charge on any atom is 0.323 e. The number of hydrogen-bond acceptors (Lipinski definition) is 3. The highest BCUT2D eigenvalue weighted by Crippen LogP contribution is 2.32. The number of amides is 2. The van der Waals surface area contributed by atoms with Crippen molar-refractivity contribution in [1.82, 2.24) is 10.6 Å². The van der Waals surface area contributed by atoms with Crippen LogP contribution in [-0.2, 0) is 17.8 Å². The van der Waals surface area contributed by atoms with Crippen LogP contribution in [0.25, 0.3) is 0 Å². The Balaban J connectivity index is 1.96. The Morgan fingerprint density at radius 2 is 2.16 bits per heavy atom. The lowest BCUT2D eigenvalue weighted by Crippen LogP contribution is -2.38. The van der Waals surface area contributed by atoms with Crippen molar-refractivity contribution in [2.24, 2.45) is 0 Å². The third-order valence-corrected chi connectivity index (χ3v) is 2.88. The Bertz CT molecular complexity index is 519. The van der Waals surface area contributed by atoms with Crippen LogP contribution in [0.15, 0.2) is 12.1 Å². The van der Waals surface area contributed by atoms with Gasteiger partial charge in [0.2, 0.25) is 0 Å². The molecule has 0 radical (unpaired) electrons. The van der Waals surface area contributed by atoms with E-state index in [1.54, 1.807) is 6.07 Å². The average molecular weight is 285 g/mol. The van der Waals surface area contributed by atoms with E-state index < -0.39 is 18.5 Å². The highest BCUT2D eigenvalue weighted by atomic mass is 35.5. The molecule has 19 heavy (non-hydrogen) atoms. The molecule has 2 rings (SSSR count). The molecule has 0 spiro atoms. The predicted molar refractivity (Wildman–Crippen MR) is 68.5 cm³/mol. The zero-order valence-corrected chi connectivity index (χ0v) is 10.8. The monoisotopic (exact) mass is 284 g/mol. The predicted octanol–water partition coefficient (Wildman–Crippen LogP) is 1.16. The first-order valence-corrected chi connectivity index (χ1v) is 6.11. The lowest BCUT2D eigenvalue weighted by atomic mass is 10.1. The fourth-order valence-electron chi connectivity index (χ4n) is 1.87. The van der Waals surface area contributed by atoms with E-state index in [1.807, 2.05) is 6.07 Å². The fraction of sp³-hybridized carbons (Fsp3) is 0.333. The molecule has 1 aromatic rings. The lowest BCUT2D eigenvalue weighted by Gasteiger charge is -2.10. The van der Waals surface area contributed by atoms with Crippen LogP contribution in [0.5, 0.6) is 5.75 Å². The number of carbonyl (C=O) groups is 2. The number of aliphatic carboxylic acids is 1. The maximum atomic E-state index is 11.3. The van der Waals surface area contributed by atoms with Crippen molar-refractivity contribution < 1.29 is 19.4 Å². The van der Waals surface area contributed by atoms with Gasteiger partial charge >= 0.3 is 12.0 Å². The number of urea groups is 1. The Morgan fingerprint density at radius 3 is 2.89 bits per heavy atom. The zero-order valence-electron chi connectivity index (χ0n) is 10.0. The van der Waals surface area contributed by atoms with Crippen LogP contribution in [0, 0.1) is 0 Å². The van der Waals surface area contributed by atoms with Crippen molar-refractivity contribution >= 4 is 23.6 Å². The molecule has 7 heteroatoms. The Hall–Kier alpha value is -1.95. The van der Waals surface area contributed by atoms with Gasteiger partial charge in [0.25, 0.3) is 0 Å². The summed E-state index contributed by atoms with van der Waals surface area (Å²) in [5, 5.41) is 13.8. The molecule has 0 saturated heterocycles. The second-order valence-electron chi connectivity index (χ2n) is 4.08. The Labute approximate surface area is 114 Å². The first-order valence-electron chi connectivity index (χ1n) is 5.74. The van der Waals surface area contributed by atoms with Gasteiger partial charge in [0.15, 0.2) is 0 Å². The van der Waals surface area contributed by atoms with Gasteiger partial charge in [-0.3, -0.25) is 4.79 Å². The summed E-state index contributed by atoms with van der Waals surface area (Å²) >= 11 is 5.98. The molecule has 2 amide bonds. The van der Waals surface area contributed by atoms with Gasteiger partial charge in [-0.25, -0.2) is 4.79 Å². The summed E-state index contributed by atoms with van der Waals surface area (Å²) in [6, 6.07) is 3.02. The molecular weight excluding hydrogens is 272 g/mol. The van der Waals surface area contributed by atoms with E-state index in [4.69, 9.17) is 21.4 Å². The minimum atomic E-state index is -1.10. The minimum Gasteiger partial charge on any atom is -0.493 e. The molecule has 1 aromatic carbocycles. The molecule has 6 nitrogen and oxygen atoms in total. The molecule has 0 fully saturated rings. The number of carboxylic acid groups (broad SMARTS) is 1. The number of halogens is 1. The number of carboxylic acids is 1. The summed E-state index contributed by atoms with van der Waals surface area (Å²) in [5.74, 6) is -0.343. The van der Waals surface area contributed by atoms with Gasteiger partial charge in [0, 0.05) is 23.6 Å². The molecule has 0 saturated carbocycles. The van der Waals surface area contributed by atoms with Crippen molar-refractivity contribution in [3.05, 3.63) is 28.3 Å². The quantitative estimate of drug-likeness (QED) is 0.774. The molecule has 102 valence electrons. The molecule has 1 aliphatic rings. The first-order chi connectivity index (χ1) is 9.06. The van der Waals surface area contributed by atoms with Gasteiger partial charge in [-0.1, -0.05) is 11.6 Å². The first kappa shape index (κ1) is 13.5. The molecule has 0 unspecified atom stereocenters. The van der Waals surface area contributed by atoms with Crippen LogP contribution in [0.4, 0.5) is 4.79 Å². The summed E-state index contributed by atoms with van der Waals surface area (Å²) in [5.41, 5.74) is 1.81. The van der Waals surface area contributed by atoms with Gasteiger partial charge in [0.05, 0.1) is 6.61 Å². The van der Waals surface area contributed by atoms with Crippen LogP contribution in [0.2, 0.25) is 5.02 Å². The van der Waals surface area contributed by atoms with Crippen molar-refractivity contribution in [3.63, 3.8) is 0 Å². The molecular formula is C12H13ClN2O4. The molecule has 0 atom stereocenters. The standard InChI is InChI=1S/C12H13ClN2O4/c13-9-3-7-1-2-19-11(7)8(4-9)5-14-12(18)15-6-10(16)17/h3-4H,1-2,5-6H2,(H,16,17)(H2,14,15,18). The van der Waals surface area contributed by atoms with Crippen molar-refractivity contribution in [2.45, 2.75) is 13.0 Å². The smallest absolute Gasteiger partial charge is 0.323 e. The van der Waals surface area contributed by atoms with Gasteiger partial charge in [-0.2, -0.15) is 0 Å². The van der Waals surface area contributed by atoms with Crippen molar-refractivity contribution in [1.29, 1.82) is 0 Å². The summed E-state index contributed by atoms with van der Waals surface area (Å²) in [6.45, 7) is 0.415. The average Bonchev–Trinajstić information content (AvgIpc) is 2.81. The second kappa shape index (κ2) is 5.79. The normalized spacial score (nSPS) is 12.5. The van der Waals surface area contributed by atoms with Gasteiger partial charge in [0.1, 0.15) is 12.3 Å². The van der Waals surface area contributed by atoms with Crippen LogP contribution in [-0.4, -0.2) is 30.3 Å². The number of ether oxygens (including phenoxy) is 1. The zero-order chi connectivity index (χ0) is 13.8. The topological polar surface area (TPSA) is 87.7 Å². The number of nitrogens with one attached hydrogen (secondary N) is 2. The summed E-state index contributed by atoms with van der Waals surface area (Å²) < 4.78 is 5.49. The van der Waals surface area contributed by atoms with Crippen LogP contribution in [0.1, 0.15) is 11.1 Å². The number of fused-ring (bicyclic) bond motifs is 1. The highest BCUT2D eigenvalue weighted by molar-refractivity contribution is 6.30. The maximum absolute atomic E-state index is 11.3. The van der Waals surface area contributed by atoms with Gasteiger partial charge in [-0.15, -0.1) is 0 Å². The van der Waals surface area contributed by atoms with E-state index in [0.29, 0.717) is 11.6 Å². The van der Waals surface area contributed by atoms with E-state index in [0.717, 1.165) is 23.3 Å². The second-order valence-corrected chi connectivity index (χ2v) is 4.52. The van der Waals surface area contributed by atoms with Gasteiger partial charge < -0.3 is 20.5 Å². The van der Waals surface area contributed by atoms with Crippen molar-refractivity contribution in [2.75, 3.05) is 13.2 Å². The van der Waals surface area contributed by atoms with E-state index >= 15 is 0 Å². The summed E-state index contributed by atoms with van der Waals surface area (Å²) in [4.78, 5) is 21.6. The van der Waals surface area contributed by atoms with E-state index in [-0.39, 0.29) is 6.54 Å². The van der Waals surface area contributed by atoms with Crippen LogP contribution in [0.3, 0.4) is 0 Å². The molecule has 0 bridgehead atoms. The van der Waals surface area contributed by atoms with E-state index in [9.17, 15) is 9.59 Å². The molecule has 0 aromatic heterocycles. The number of benzene rings is 1. The third-order valence-electron chi connectivity index (χ3n) is 2.66. The van der Waals surface area contributed by atoms with Crippen LogP contribution < -0.4 is 15.4 Å². The van der Waals surface area contributed by atoms with Gasteiger partial charge in [-0.05, 0) is 17.7 Å². The minimum absolute atomic E-state index is 0.231. The number of carbonyl (C=O) groups excluding carboxylic acids is 1. The number of rotatable bonds is 4. The lowest BCUT2D eigenvalue weighted by molar-refractivity contribution is -0.135. The van der Waals surface area contributed by atoms with Crippen molar-refractivity contribution in [3.8, 4) is 5.75 Å². The molecule has 3 N–H and O–H groups in total. The molecule has 1 aliphatic heterocycles. The Morgan fingerprint density at radius 1 is 1.37 bits per heavy atom. The van der Waals surface area contributed by atoms with E-state index in [1.165, 1.54) is 0 Å². The highest BCUT2D eigenvalue weighted by Gasteiger charge is 2.17. The van der Waals surface area contributed by atoms with Crippen LogP contribution >= 0.6 is 11.6 Å². The largest absolute Gasteiger partial charge is 0.493 e. The molecule has 1 heterocycles. The van der Waals surface area contributed by atoms with E-state index in [2.05, 4.69) is 10.6 Å². The number of hydrogen-bond donors (Lipinski definition) is 3. The molecule has 0 aliphatic carbocycles. The Kier molecular flexibility index (Phi) is 4.11. The summed E-state index contributed by atoms with van der Waals surface area (Å²) in [7, 11) is 0. The fourth-order valence-corrected chi connectivity index (χ4v) is 2.13. The third kappa shape index (κ3) is 3.51.